The van der Waals surface area contributed by atoms with E-state index in [1.165, 1.54) is 11.1 Å². The Morgan fingerprint density at radius 3 is 1.86 bits per heavy atom. The van der Waals surface area contributed by atoms with Crippen molar-refractivity contribution in [2.24, 2.45) is 0 Å². The minimum absolute atomic E-state index is 0. The second-order valence-corrected chi connectivity index (χ2v) is 6.68. The normalized spacial score (nSPS) is 10.2. The minimum atomic E-state index is 0. The van der Waals surface area contributed by atoms with E-state index in [1.54, 1.807) is 0 Å². The second kappa shape index (κ2) is 8.97. The fourth-order valence-electron chi connectivity index (χ4n) is 3.10. The molecule has 0 saturated heterocycles. The molecule has 3 aromatic carbocycles. The topological polar surface area (TPSA) is 16.1 Å². The molecule has 0 saturated carbocycles. The molecule has 2 nitrogen and oxygen atoms in total. The van der Waals surface area contributed by atoms with Crippen molar-refractivity contribution in [1.82, 2.24) is 4.98 Å². The number of pyridine rings is 1. The van der Waals surface area contributed by atoms with Crippen LogP contribution in [0.5, 0.6) is 0 Å². The zero-order chi connectivity index (χ0) is 18.6. The molecule has 1 aromatic heterocycles. The third-order valence-electron chi connectivity index (χ3n) is 4.57. The van der Waals surface area contributed by atoms with Crippen molar-refractivity contribution in [3.05, 3.63) is 108 Å². The number of hydrogen-bond donors (Lipinski definition) is 0. The fourth-order valence-corrected chi connectivity index (χ4v) is 3.10. The van der Waals surface area contributed by atoms with Crippen LogP contribution < -0.4 is 4.90 Å². The number of aromatic nitrogens is 1. The molecule has 0 unspecified atom stereocenters. The largest absolute Gasteiger partial charge is 0.328 e. The smallest absolute Gasteiger partial charge is 0.0444 e. The van der Waals surface area contributed by atoms with Gasteiger partial charge in [-0.3, -0.25) is 0 Å². The molecule has 141 valence electrons. The fraction of sp³-hybridized carbons (Fsp3) is 0.0800. The Labute approximate surface area is 180 Å². The number of aryl methyl sites for hydroxylation is 2. The molecule has 0 aliphatic heterocycles. The van der Waals surface area contributed by atoms with Gasteiger partial charge in [-0.15, -0.1) is 29.8 Å². The maximum atomic E-state index is 4.47. The summed E-state index contributed by atoms with van der Waals surface area (Å²) in [5, 5.41) is 0. The Hall–Kier alpha value is -2.74. The summed E-state index contributed by atoms with van der Waals surface area (Å²) in [4.78, 5) is 6.73. The first-order valence-corrected chi connectivity index (χ1v) is 9.07. The first kappa shape index (κ1) is 20.0. The Balaban J connectivity index is 0.00000225. The van der Waals surface area contributed by atoms with Gasteiger partial charge in [0.25, 0.3) is 0 Å². The first-order chi connectivity index (χ1) is 13.2. The molecule has 3 heteroatoms. The van der Waals surface area contributed by atoms with Gasteiger partial charge in [-0.05, 0) is 55.6 Å². The number of benzene rings is 3. The molecule has 0 aliphatic carbocycles. The van der Waals surface area contributed by atoms with Crippen LogP contribution in [-0.2, 0) is 20.1 Å². The molecule has 0 N–H and O–H groups in total. The van der Waals surface area contributed by atoms with Gasteiger partial charge in [-0.2, -0.15) is 0 Å². The second-order valence-electron chi connectivity index (χ2n) is 6.68. The van der Waals surface area contributed by atoms with Crippen LogP contribution >= 0.6 is 0 Å². The van der Waals surface area contributed by atoms with Gasteiger partial charge in [0.05, 0.1) is 0 Å². The molecule has 0 atom stereocenters. The summed E-state index contributed by atoms with van der Waals surface area (Å²) in [6.07, 6.45) is 1.81. The molecule has 0 aliphatic rings. The Bertz CT molecular complexity index is 981. The monoisotopic (exact) mass is 542 g/mol. The van der Waals surface area contributed by atoms with E-state index in [0.29, 0.717) is 0 Å². The molecule has 0 amide bonds. The molecule has 4 aromatic rings. The van der Waals surface area contributed by atoms with Crippen LogP contribution in [0.1, 0.15) is 11.1 Å². The molecule has 0 spiro atoms. The van der Waals surface area contributed by atoms with Crippen LogP contribution in [0, 0.1) is 19.9 Å². The standard InChI is InChI=1S/C25H21N2.Ir/c1-19-9-13-22(14-10-19)27(23-15-11-20(2)12-16-23)24-7-5-6-21(18-24)25-8-3-4-17-26-25;/h3-5,7-18H,1-2H3;/q-1;. The zero-order valence-corrected chi connectivity index (χ0v) is 18.3. The molecule has 0 bridgehead atoms. The Morgan fingerprint density at radius 2 is 1.32 bits per heavy atom. The van der Waals surface area contributed by atoms with Crippen molar-refractivity contribution >= 4 is 17.1 Å². The van der Waals surface area contributed by atoms with Gasteiger partial charge in [0, 0.05) is 37.7 Å². The molecular formula is C25H21IrN2-. The van der Waals surface area contributed by atoms with Crippen LogP contribution in [0.15, 0.2) is 91.1 Å². The maximum absolute atomic E-state index is 4.47. The number of nitrogens with zero attached hydrogens (tertiary/aromatic N) is 2. The molecule has 28 heavy (non-hydrogen) atoms. The van der Waals surface area contributed by atoms with Crippen LogP contribution in [-0.4, -0.2) is 4.98 Å². The van der Waals surface area contributed by atoms with Crippen LogP contribution in [0.2, 0.25) is 0 Å². The van der Waals surface area contributed by atoms with E-state index in [1.807, 2.05) is 30.5 Å². The van der Waals surface area contributed by atoms with Gasteiger partial charge < -0.3 is 9.88 Å². The van der Waals surface area contributed by atoms with Crippen molar-refractivity contribution in [2.75, 3.05) is 4.90 Å². The van der Waals surface area contributed by atoms with E-state index in [9.17, 15) is 0 Å². The SMILES string of the molecule is Cc1ccc(N(c2ccc(C)cc2)c2cc[c-]c(-c3ccccn3)c2)cc1.[Ir]. The van der Waals surface area contributed by atoms with Crippen molar-refractivity contribution in [3.63, 3.8) is 0 Å². The van der Waals surface area contributed by atoms with Gasteiger partial charge in [0.2, 0.25) is 0 Å². The van der Waals surface area contributed by atoms with Crippen molar-refractivity contribution in [2.45, 2.75) is 13.8 Å². The predicted molar refractivity (Wildman–Crippen MR) is 113 cm³/mol. The zero-order valence-electron chi connectivity index (χ0n) is 15.9. The quantitative estimate of drug-likeness (QED) is 0.270. The molecule has 1 radical (unpaired) electrons. The van der Waals surface area contributed by atoms with Gasteiger partial charge in [0.15, 0.2) is 0 Å². The molecule has 4 rings (SSSR count). The van der Waals surface area contributed by atoms with E-state index in [4.69, 9.17) is 0 Å². The summed E-state index contributed by atoms with van der Waals surface area (Å²) in [7, 11) is 0. The van der Waals surface area contributed by atoms with E-state index in [0.717, 1.165) is 28.3 Å². The number of rotatable bonds is 4. The summed E-state index contributed by atoms with van der Waals surface area (Å²) in [6, 6.07) is 32.7. The van der Waals surface area contributed by atoms with E-state index < -0.39 is 0 Å². The first-order valence-electron chi connectivity index (χ1n) is 9.07. The average Bonchev–Trinajstić information content (AvgIpc) is 2.72. The number of anilines is 3. The maximum Gasteiger partial charge on any atom is 0.0444 e. The average molecular weight is 542 g/mol. The van der Waals surface area contributed by atoms with Gasteiger partial charge >= 0.3 is 0 Å². The summed E-state index contributed by atoms with van der Waals surface area (Å²) in [6.45, 7) is 4.22. The van der Waals surface area contributed by atoms with Crippen molar-refractivity contribution < 1.29 is 20.1 Å². The van der Waals surface area contributed by atoms with E-state index >= 15 is 0 Å². The van der Waals surface area contributed by atoms with Gasteiger partial charge in [-0.1, -0.05) is 47.5 Å². The Kier molecular flexibility index (Phi) is 6.41. The third-order valence-corrected chi connectivity index (χ3v) is 4.57. The van der Waals surface area contributed by atoms with Crippen molar-refractivity contribution in [3.8, 4) is 11.3 Å². The minimum Gasteiger partial charge on any atom is -0.328 e. The summed E-state index contributed by atoms with van der Waals surface area (Å²) >= 11 is 0. The summed E-state index contributed by atoms with van der Waals surface area (Å²) in [5.41, 5.74) is 7.74. The summed E-state index contributed by atoms with van der Waals surface area (Å²) < 4.78 is 0. The molecule has 0 fully saturated rings. The van der Waals surface area contributed by atoms with Crippen molar-refractivity contribution in [1.29, 1.82) is 0 Å². The van der Waals surface area contributed by atoms with E-state index in [-0.39, 0.29) is 20.1 Å². The van der Waals surface area contributed by atoms with E-state index in [2.05, 4.69) is 90.5 Å². The van der Waals surface area contributed by atoms with Crippen LogP contribution in [0.3, 0.4) is 0 Å². The predicted octanol–water partition coefficient (Wildman–Crippen LogP) is 6.63. The van der Waals surface area contributed by atoms with Crippen LogP contribution in [0.25, 0.3) is 11.3 Å². The van der Waals surface area contributed by atoms with Gasteiger partial charge in [-0.25, -0.2) is 0 Å². The molecule has 1 heterocycles. The van der Waals surface area contributed by atoms with Crippen LogP contribution in [0.4, 0.5) is 17.1 Å². The Morgan fingerprint density at radius 1 is 0.714 bits per heavy atom. The third kappa shape index (κ3) is 4.39. The number of hydrogen-bond acceptors (Lipinski definition) is 2. The summed E-state index contributed by atoms with van der Waals surface area (Å²) in [5.74, 6) is 0. The molecular weight excluding hydrogens is 521 g/mol. The van der Waals surface area contributed by atoms with Gasteiger partial charge in [0.1, 0.15) is 0 Å².